The van der Waals surface area contributed by atoms with Crippen LogP contribution in [0.5, 0.6) is 0 Å². The van der Waals surface area contributed by atoms with Gasteiger partial charge in [0.15, 0.2) is 5.13 Å². The first-order valence-electron chi connectivity index (χ1n) is 5.81. The monoisotopic (exact) mass is 352 g/mol. The standard InChI is InChI=1S/C12H12BrF3N2S/c13-8-3-4-10-9(7-8)18-11(19-10)17-6-2-1-5-12(14,15)16/h3-4,7H,1-2,5-6H2,(H,17,18). The minimum atomic E-state index is -4.05. The molecule has 0 fully saturated rings. The Labute approximate surface area is 121 Å². The molecule has 0 radical (unpaired) electrons. The Bertz CT molecular complexity index is 553. The number of fused-ring (bicyclic) bond motifs is 1. The van der Waals surface area contributed by atoms with Crippen molar-refractivity contribution in [3.05, 3.63) is 22.7 Å². The number of hydrogen-bond donors (Lipinski definition) is 1. The highest BCUT2D eigenvalue weighted by Crippen LogP contribution is 2.28. The average molecular weight is 353 g/mol. The van der Waals surface area contributed by atoms with Crippen LogP contribution in [0.25, 0.3) is 10.2 Å². The third kappa shape index (κ3) is 4.65. The van der Waals surface area contributed by atoms with E-state index >= 15 is 0 Å². The maximum atomic E-state index is 11.9. The van der Waals surface area contributed by atoms with Gasteiger partial charge in [0, 0.05) is 17.4 Å². The van der Waals surface area contributed by atoms with Crippen molar-refractivity contribution in [2.75, 3.05) is 11.9 Å². The van der Waals surface area contributed by atoms with Crippen molar-refractivity contribution in [3.8, 4) is 0 Å². The molecule has 0 saturated heterocycles. The molecule has 0 aliphatic rings. The number of unbranched alkanes of at least 4 members (excludes halogenated alkanes) is 1. The van der Waals surface area contributed by atoms with E-state index in [2.05, 4.69) is 26.2 Å². The lowest BCUT2D eigenvalue weighted by Crippen LogP contribution is -2.08. The molecule has 0 aliphatic carbocycles. The average Bonchev–Trinajstić information content (AvgIpc) is 2.68. The molecule has 19 heavy (non-hydrogen) atoms. The van der Waals surface area contributed by atoms with E-state index in [1.807, 2.05) is 18.2 Å². The zero-order chi connectivity index (χ0) is 13.9. The van der Waals surface area contributed by atoms with Gasteiger partial charge < -0.3 is 5.32 Å². The first-order chi connectivity index (χ1) is 8.94. The molecule has 0 spiro atoms. The predicted octanol–water partition coefficient (Wildman–Crippen LogP) is 5.20. The van der Waals surface area contributed by atoms with Crippen LogP contribution in [0.1, 0.15) is 19.3 Å². The van der Waals surface area contributed by atoms with Crippen LogP contribution < -0.4 is 5.32 Å². The van der Waals surface area contributed by atoms with Gasteiger partial charge in [-0.15, -0.1) is 0 Å². The minimum Gasteiger partial charge on any atom is -0.361 e. The van der Waals surface area contributed by atoms with Gasteiger partial charge in [0.05, 0.1) is 10.2 Å². The lowest BCUT2D eigenvalue weighted by molar-refractivity contribution is -0.135. The normalized spacial score (nSPS) is 12.0. The number of aromatic nitrogens is 1. The quantitative estimate of drug-likeness (QED) is 0.747. The number of alkyl halides is 3. The van der Waals surface area contributed by atoms with Crippen LogP contribution in [0.15, 0.2) is 22.7 Å². The predicted molar refractivity (Wildman–Crippen MR) is 75.7 cm³/mol. The lowest BCUT2D eigenvalue weighted by Gasteiger charge is -2.05. The molecular formula is C12H12BrF3N2S. The number of halogens is 4. The van der Waals surface area contributed by atoms with Crippen LogP contribution in [-0.2, 0) is 0 Å². The van der Waals surface area contributed by atoms with E-state index < -0.39 is 12.6 Å². The maximum Gasteiger partial charge on any atom is 0.389 e. The molecule has 0 amide bonds. The number of hydrogen-bond acceptors (Lipinski definition) is 3. The van der Waals surface area contributed by atoms with Crippen molar-refractivity contribution in [1.82, 2.24) is 4.98 Å². The molecule has 0 aliphatic heterocycles. The molecule has 2 rings (SSSR count). The first kappa shape index (κ1) is 14.6. The molecule has 0 saturated carbocycles. The van der Waals surface area contributed by atoms with E-state index in [1.54, 1.807) is 0 Å². The number of nitrogens with zero attached hydrogens (tertiary/aromatic N) is 1. The van der Waals surface area contributed by atoms with Gasteiger partial charge in [0.25, 0.3) is 0 Å². The molecular weight excluding hydrogens is 341 g/mol. The Kier molecular flexibility index (Phi) is 4.67. The Balaban J connectivity index is 1.82. The number of nitrogens with one attached hydrogen (secondary N) is 1. The zero-order valence-corrected chi connectivity index (χ0v) is 12.3. The largest absolute Gasteiger partial charge is 0.389 e. The van der Waals surface area contributed by atoms with Gasteiger partial charge in [-0.05, 0) is 31.0 Å². The smallest absolute Gasteiger partial charge is 0.361 e. The van der Waals surface area contributed by atoms with E-state index in [4.69, 9.17) is 0 Å². The molecule has 1 aromatic heterocycles. The second-order valence-electron chi connectivity index (χ2n) is 4.13. The minimum absolute atomic E-state index is 0.146. The van der Waals surface area contributed by atoms with Crippen molar-refractivity contribution < 1.29 is 13.2 Å². The molecule has 1 heterocycles. The van der Waals surface area contributed by atoms with Crippen LogP contribution >= 0.6 is 27.3 Å². The number of anilines is 1. The third-order valence-corrected chi connectivity index (χ3v) is 4.00. The fourth-order valence-corrected chi connectivity index (χ4v) is 2.84. The SMILES string of the molecule is FC(F)(F)CCCCNc1nc2cc(Br)ccc2s1. The van der Waals surface area contributed by atoms with Gasteiger partial charge in [0.2, 0.25) is 0 Å². The third-order valence-electron chi connectivity index (χ3n) is 2.51. The summed E-state index contributed by atoms with van der Waals surface area (Å²) in [5.41, 5.74) is 0.886. The highest BCUT2D eigenvalue weighted by Gasteiger charge is 2.25. The van der Waals surface area contributed by atoms with Crippen LogP contribution in [0, 0.1) is 0 Å². The van der Waals surface area contributed by atoms with E-state index in [1.165, 1.54) is 11.3 Å². The van der Waals surface area contributed by atoms with Crippen molar-refractivity contribution in [3.63, 3.8) is 0 Å². The molecule has 1 N–H and O–H groups in total. The van der Waals surface area contributed by atoms with E-state index in [0.717, 1.165) is 19.8 Å². The summed E-state index contributed by atoms with van der Waals surface area (Å²) in [5.74, 6) is 0. The van der Waals surface area contributed by atoms with Gasteiger partial charge >= 0.3 is 6.18 Å². The van der Waals surface area contributed by atoms with Gasteiger partial charge in [-0.2, -0.15) is 13.2 Å². The van der Waals surface area contributed by atoms with Crippen LogP contribution in [-0.4, -0.2) is 17.7 Å². The van der Waals surface area contributed by atoms with Crippen molar-refractivity contribution in [2.24, 2.45) is 0 Å². The van der Waals surface area contributed by atoms with Crippen molar-refractivity contribution in [1.29, 1.82) is 0 Å². The number of thiazole rings is 1. The van der Waals surface area contributed by atoms with Crippen molar-refractivity contribution >= 4 is 42.6 Å². The fourth-order valence-electron chi connectivity index (χ4n) is 1.62. The molecule has 0 unspecified atom stereocenters. The summed E-state index contributed by atoms with van der Waals surface area (Å²) in [6, 6.07) is 5.82. The summed E-state index contributed by atoms with van der Waals surface area (Å²) < 4.78 is 37.9. The lowest BCUT2D eigenvalue weighted by atomic mass is 10.2. The second kappa shape index (κ2) is 6.09. The van der Waals surface area contributed by atoms with Gasteiger partial charge in [-0.1, -0.05) is 27.3 Å². The molecule has 104 valence electrons. The number of rotatable bonds is 5. The Morgan fingerprint density at radius 2 is 2.05 bits per heavy atom. The summed E-state index contributed by atoms with van der Waals surface area (Å²) in [6.07, 6.45) is -4.14. The van der Waals surface area contributed by atoms with E-state index in [-0.39, 0.29) is 6.42 Å². The Hall–Kier alpha value is -0.820. The summed E-state index contributed by atoms with van der Waals surface area (Å²) in [4.78, 5) is 4.38. The van der Waals surface area contributed by atoms with Crippen LogP contribution in [0.3, 0.4) is 0 Å². The van der Waals surface area contributed by atoms with Crippen molar-refractivity contribution in [2.45, 2.75) is 25.4 Å². The molecule has 0 bridgehead atoms. The summed E-state index contributed by atoms with van der Waals surface area (Å²) in [7, 11) is 0. The zero-order valence-electron chi connectivity index (χ0n) is 9.93. The summed E-state index contributed by atoms with van der Waals surface area (Å²) in [5, 5.41) is 3.81. The maximum absolute atomic E-state index is 11.9. The Morgan fingerprint density at radius 3 is 2.79 bits per heavy atom. The second-order valence-corrected chi connectivity index (χ2v) is 6.08. The molecule has 2 nitrogen and oxygen atoms in total. The highest BCUT2D eigenvalue weighted by molar-refractivity contribution is 9.10. The summed E-state index contributed by atoms with van der Waals surface area (Å²) in [6.45, 7) is 0.511. The molecule has 2 aromatic rings. The van der Waals surface area contributed by atoms with Gasteiger partial charge in [-0.3, -0.25) is 0 Å². The fraction of sp³-hybridized carbons (Fsp3) is 0.417. The molecule has 0 atom stereocenters. The summed E-state index contributed by atoms with van der Waals surface area (Å²) >= 11 is 4.88. The molecule has 1 aromatic carbocycles. The Morgan fingerprint density at radius 1 is 1.26 bits per heavy atom. The van der Waals surface area contributed by atoms with Crippen LogP contribution in [0.4, 0.5) is 18.3 Å². The highest BCUT2D eigenvalue weighted by atomic mass is 79.9. The number of benzene rings is 1. The molecule has 7 heteroatoms. The van der Waals surface area contributed by atoms with Gasteiger partial charge in [-0.25, -0.2) is 4.98 Å². The van der Waals surface area contributed by atoms with Crippen LogP contribution in [0.2, 0.25) is 0 Å². The van der Waals surface area contributed by atoms with E-state index in [0.29, 0.717) is 13.0 Å². The first-order valence-corrected chi connectivity index (χ1v) is 7.42. The van der Waals surface area contributed by atoms with Gasteiger partial charge in [0.1, 0.15) is 0 Å². The van der Waals surface area contributed by atoms with E-state index in [9.17, 15) is 13.2 Å². The topological polar surface area (TPSA) is 24.9 Å².